The Hall–Kier alpha value is -2.01. The first-order valence-electron chi connectivity index (χ1n) is 6.89. The van der Waals surface area contributed by atoms with E-state index < -0.39 is 0 Å². The van der Waals surface area contributed by atoms with Crippen molar-refractivity contribution >= 4 is 27.5 Å². The van der Waals surface area contributed by atoms with Gasteiger partial charge in [0.25, 0.3) is 0 Å². The molecule has 22 heavy (non-hydrogen) atoms. The number of carbonyl (C=O) groups is 1. The first kappa shape index (κ1) is 16.4. The van der Waals surface area contributed by atoms with E-state index in [1.807, 2.05) is 42.5 Å². The second-order valence-electron chi connectivity index (χ2n) is 4.70. The van der Waals surface area contributed by atoms with Crippen molar-refractivity contribution in [1.82, 2.24) is 0 Å². The number of amides is 1. The van der Waals surface area contributed by atoms with Gasteiger partial charge in [0.1, 0.15) is 11.5 Å². The van der Waals surface area contributed by atoms with Crippen molar-refractivity contribution < 1.29 is 14.3 Å². The van der Waals surface area contributed by atoms with Gasteiger partial charge in [-0.2, -0.15) is 0 Å². The SMILES string of the molecule is COc1cccc(OC)c1CCC(=O)Nc1ccc(Br)cc1. The Morgan fingerprint density at radius 2 is 1.64 bits per heavy atom. The van der Waals surface area contributed by atoms with Crippen molar-refractivity contribution in [2.75, 3.05) is 19.5 Å². The molecule has 0 aliphatic rings. The Balaban J connectivity index is 2.00. The van der Waals surface area contributed by atoms with Gasteiger partial charge in [-0.1, -0.05) is 22.0 Å². The van der Waals surface area contributed by atoms with Crippen LogP contribution in [0.1, 0.15) is 12.0 Å². The van der Waals surface area contributed by atoms with E-state index in [-0.39, 0.29) is 5.91 Å². The molecule has 0 spiro atoms. The minimum absolute atomic E-state index is 0.0460. The Bertz CT molecular complexity index is 619. The maximum Gasteiger partial charge on any atom is 0.224 e. The number of methoxy groups -OCH3 is 2. The molecule has 0 saturated heterocycles. The van der Waals surface area contributed by atoms with Gasteiger partial charge in [-0.15, -0.1) is 0 Å². The molecule has 5 heteroatoms. The summed E-state index contributed by atoms with van der Waals surface area (Å²) >= 11 is 3.36. The van der Waals surface area contributed by atoms with Gasteiger partial charge in [0.2, 0.25) is 5.91 Å². The minimum Gasteiger partial charge on any atom is -0.496 e. The predicted molar refractivity (Wildman–Crippen MR) is 90.6 cm³/mol. The zero-order chi connectivity index (χ0) is 15.9. The molecule has 0 aromatic heterocycles. The van der Waals surface area contributed by atoms with Gasteiger partial charge in [0.15, 0.2) is 0 Å². The fourth-order valence-corrected chi connectivity index (χ4v) is 2.43. The van der Waals surface area contributed by atoms with Crippen molar-refractivity contribution in [2.24, 2.45) is 0 Å². The molecule has 0 saturated carbocycles. The highest BCUT2D eigenvalue weighted by atomic mass is 79.9. The van der Waals surface area contributed by atoms with E-state index >= 15 is 0 Å². The molecular formula is C17H18BrNO3. The topological polar surface area (TPSA) is 47.6 Å². The minimum atomic E-state index is -0.0460. The lowest BCUT2D eigenvalue weighted by molar-refractivity contribution is -0.116. The normalized spacial score (nSPS) is 10.1. The van der Waals surface area contributed by atoms with Crippen molar-refractivity contribution in [3.8, 4) is 11.5 Å². The summed E-state index contributed by atoms with van der Waals surface area (Å²) in [6.45, 7) is 0. The summed E-state index contributed by atoms with van der Waals surface area (Å²) in [6, 6.07) is 13.1. The summed E-state index contributed by atoms with van der Waals surface area (Å²) in [5, 5.41) is 2.87. The number of nitrogens with one attached hydrogen (secondary N) is 1. The number of benzene rings is 2. The van der Waals surface area contributed by atoms with Crippen LogP contribution in [0.3, 0.4) is 0 Å². The summed E-state index contributed by atoms with van der Waals surface area (Å²) in [7, 11) is 3.22. The van der Waals surface area contributed by atoms with Gasteiger partial charge in [-0.05, 0) is 42.8 Å². The van der Waals surface area contributed by atoms with Gasteiger partial charge in [0, 0.05) is 22.1 Å². The smallest absolute Gasteiger partial charge is 0.224 e. The Morgan fingerprint density at radius 3 is 2.18 bits per heavy atom. The lowest BCUT2D eigenvalue weighted by Gasteiger charge is -2.13. The zero-order valence-corrected chi connectivity index (χ0v) is 14.1. The molecule has 0 atom stereocenters. The van der Waals surface area contributed by atoms with E-state index in [0.717, 1.165) is 27.2 Å². The molecule has 116 valence electrons. The molecule has 0 aliphatic carbocycles. The number of hydrogen-bond acceptors (Lipinski definition) is 3. The first-order chi connectivity index (χ1) is 10.6. The Kier molecular flexibility index (Phi) is 5.83. The third-order valence-electron chi connectivity index (χ3n) is 3.26. The monoisotopic (exact) mass is 363 g/mol. The second-order valence-corrected chi connectivity index (χ2v) is 5.61. The number of hydrogen-bond donors (Lipinski definition) is 1. The van der Waals surface area contributed by atoms with E-state index in [2.05, 4.69) is 21.2 Å². The standard InChI is InChI=1S/C17H18BrNO3/c1-21-15-4-3-5-16(22-2)14(15)10-11-17(20)19-13-8-6-12(18)7-9-13/h3-9H,10-11H2,1-2H3,(H,19,20). The van der Waals surface area contributed by atoms with Crippen LogP contribution >= 0.6 is 15.9 Å². The van der Waals surface area contributed by atoms with Crippen LogP contribution in [0.15, 0.2) is 46.9 Å². The van der Waals surface area contributed by atoms with Crippen molar-refractivity contribution in [3.63, 3.8) is 0 Å². The zero-order valence-electron chi connectivity index (χ0n) is 12.6. The predicted octanol–water partition coefficient (Wildman–Crippen LogP) is 4.04. The summed E-state index contributed by atoms with van der Waals surface area (Å²) in [5.41, 5.74) is 1.68. The molecule has 4 nitrogen and oxygen atoms in total. The maximum absolute atomic E-state index is 12.1. The van der Waals surface area contributed by atoms with Crippen LogP contribution < -0.4 is 14.8 Å². The first-order valence-corrected chi connectivity index (χ1v) is 7.68. The van der Waals surface area contributed by atoms with E-state index in [0.29, 0.717) is 12.8 Å². The van der Waals surface area contributed by atoms with Crippen molar-refractivity contribution in [3.05, 3.63) is 52.5 Å². The average molecular weight is 364 g/mol. The number of carbonyl (C=O) groups excluding carboxylic acids is 1. The van der Waals surface area contributed by atoms with Crippen molar-refractivity contribution in [2.45, 2.75) is 12.8 Å². The molecule has 0 bridgehead atoms. The molecule has 0 fully saturated rings. The van der Waals surface area contributed by atoms with E-state index in [1.165, 1.54) is 0 Å². The fraction of sp³-hybridized carbons (Fsp3) is 0.235. The van der Waals surface area contributed by atoms with E-state index in [9.17, 15) is 4.79 Å². The number of halogens is 1. The largest absolute Gasteiger partial charge is 0.496 e. The fourth-order valence-electron chi connectivity index (χ4n) is 2.17. The van der Waals surface area contributed by atoms with Crippen LogP contribution in [0.5, 0.6) is 11.5 Å². The quantitative estimate of drug-likeness (QED) is 0.842. The van der Waals surface area contributed by atoms with Crippen LogP contribution in [0.25, 0.3) is 0 Å². The van der Waals surface area contributed by atoms with Crippen LogP contribution in [-0.2, 0) is 11.2 Å². The van der Waals surface area contributed by atoms with E-state index in [1.54, 1.807) is 14.2 Å². The molecule has 0 aliphatic heterocycles. The molecule has 2 aromatic rings. The highest BCUT2D eigenvalue weighted by molar-refractivity contribution is 9.10. The molecule has 1 amide bonds. The molecular weight excluding hydrogens is 346 g/mol. The maximum atomic E-state index is 12.1. The summed E-state index contributed by atoms with van der Waals surface area (Å²) in [5.74, 6) is 1.42. The third kappa shape index (κ3) is 4.24. The Labute approximate surface area is 138 Å². The summed E-state index contributed by atoms with van der Waals surface area (Å²) in [6.07, 6.45) is 0.905. The molecule has 1 N–H and O–H groups in total. The van der Waals surface area contributed by atoms with Crippen LogP contribution in [0.2, 0.25) is 0 Å². The molecule has 2 aromatic carbocycles. The molecule has 0 heterocycles. The second kappa shape index (κ2) is 7.84. The van der Waals surface area contributed by atoms with Gasteiger partial charge in [0.05, 0.1) is 14.2 Å². The van der Waals surface area contributed by atoms with Gasteiger partial charge in [-0.3, -0.25) is 4.79 Å². The van der Waals surface area contributed by atoms with Gasteiger partial charge < -0.3 is 14.8 Å². The average Bonchev–Trinajstić information content (AvgIpc) is 2.54. The summed E-state index contributed by atoms with van der Waals surface area (Å²) < 4.78 is 11.6. The van der Waals surface area contributed by atoms with Gasteiger partial charge in [-0.25, -0.2) is 0 Å². The number of anilines is 1. The Morgan fingerprint density at radius 1 is 1.05 bits per heavy atom. The summed E-state index contributed by atoms with van der Waals surface area (Å²) in [4.78, 5) is 12.1. The van der Waals surface area contributed by atoms with Gasteiger partial charge >= 0.3 is 0 Å². The van der Waals surface area contributed by atoms with Crippen molar-refractivity contribution in [1.29, 1.82) is 0 Å². The number of rotatable bonds is 6. The molecule has 2 rings (SSSR count). The molecule has 0 unspecified atom stereocenters. The van der Waals surface area contributed by atoms with E-state index in [4.69, 9.17) is 9.47 Å². The number of ether oxygens (including phenoxy) is 2. The lowest BCUT2D eigenvalue weighted by atomic mass is 10.1. The highest BCUT2D eigenvalue weighted by Crippen LogP contribution is 2.29. The lowest BCUT2D eigenvalue weighted by Crippen LogP contribution is -2.12. The molecule has 0 radical (unpaired) electrons. The van der Waals surface area contributed by atoms with Crippen LogP contribution in [-0.4, -0.2) is 20.1 Å². The van der Waals surface area contributed by atoms with Crippen LogP contribution in [0.4, 0.5) is 5.69 Å². The van der Waals surface area contributed by atoms with Crippen LogP contribution in [0, 0.1) is 0 Å². The highest BCUT2D eigenvalue weighted by Gasteiger charge is 2.12. The third-order valence-corrected chi connectivity index (χ3v) is 3.79.